The molecule has 1 aromatic carbocycles. The van der Waals surface area contributed by atoms with E-state index in [1.54, 1.807) is 0 Å². The van der Waals surface area contributed by atoms with Gasteiger partial charge in [-0.05, 0) is 37.0 Å². The van der Waals surface area contributed by atoms with Gasteiger partial charge in [-0.25, -0.2) is 4.48 Å². The van der Waals surface area contributed by atoms with Crippen molar-refractivity contribution in [3.05, 3.63) is 46.3 Å². The van der Waals surface area contributed by atoms with Gasteiger partial charge in [0.15, 0.2) is 0 Å². The third-order valence-electron chi connectivity index (χ3n) is 4.92. The summed E-state index contributed by atoms with van der Waals surface area (Å²) in [6.07, 6.45) is 0.129. The first-order valence-electron chi connectivity index (χ1n) is 8.17. The van der Waals surface area contributed by atoms with Gasteiger partial charge in [-0.3, -0.25) is 4.79 Å². The molecule has 134 valence electrons. The number of hydrogen-bond acceptors (Lipinski definition) is 4. The lowest BCUT2D eigenvalue weighted by atomic mass is 9.95. The number of benzene rings is 1. The van der Waals surface area contributed by atoms with Gasteiger partial charge < -0.3 is 10.5 Å². The van der Waals surface area contributed by atoms with Crippen molar-refractivity contribution in [2.24, 2.45) is 10.8 Å². The SMILES string of the molecule is CC(C)(C)[N+]1(C(=O)OCc2ccccc2)CCC[C@@]1(N=[N+]=[N-])C(N)=O. The van der Waals surface area contributed by atoms with Crippen molar-refractivity contribution in [2.45, 2.75) is 51.4 Å². The zero-order valence-electron chi connectivity index (χ0n) is 14.8. The van der Waals surface area contributed by atoms with E-state index >= 15 is 0 Å². The maximum atomic E-state index is 13.1. The van der Waals surface area contributed by atoms with Crippen LogP contribution in [0, 0.1) is 0 Å². The molecule has 0 aromatic heterocycles. The Hall–Kier alpha value is -2.57. The second-order valence-corrected chi connectivity index (χ2v) is 7.22. The number of quaternary nitrogens is 1. The van der Waals surface area contributed by atoms with Crippen LogP contribution in [0.25, 0.3) is 10.4 Å². The number of primary amides is 1. The van der Waals surface area contributed by atoms with Crippen LogP contribution in [-0.2, 0) is 16.1 Å². The Morgan fingerprint density at radius 1 is 1.36 bits per heavy atom. The molecule has 8 heteroatoms. The quantitative estimate of drug-likeness (QED) is 0.390. The molecule has 1 fully saturated rings. The zero-order valence-corrected chi connectivity index (χ0v) is 14.8. The van der Waals surface area contributed by atoms with Crippen molar-refractivity contribution in [3.63, 3.8) is 0 Å². The molecular formula is C17H24N5O3+. The van der Waals surface area contributed by atoms with Crippen molar-refractivity contribution in [2.75, 3.05) is 6.54 Å². The number of carbonyl (C=O) groups excluding carboxylic acids is 2. The van der Waals surface area contributed by atoms with E-state index in [1.165, 1.54) is 0 Å². The first-order chi connectivity index (χ1) is 11.7. The topological polar surface area (TPSA) is 118 Å². The number of hydrogen-bond donors (Lipinski definition) is 1. The zero-order chi connectivity index (χ0) is 18.7. The van der Waals surface area contributed by atoms with Crippen LogP contribution < -0.4 is 5.73 Å². The molecule has 25 heavy (non-hydrogen) atoms. The summed E-state index contributed by atoms with van der Waals surface area (Å²) in [6, 6.07) is 9.25. The maximum absolute atomic E-state index is 13.1. The van der Waals surface area contributed by atoms with Gasteiger partial charge in [0.1, 0.15) is 12.1 Å². The average Bonchev–Trinajstić information content (AvgIpc) is 2.95. The first-order valence-corrected chi connectivity index (χ1v) is 8.17. The number of likely N-dealkylation sites (tertiary alicyclic amines) is 1. The van der Waals surface area contributed by atoms with Crippen LogP contribution in [0.1, 0.15) is 39.2 Å². The molecule has 0 radical (unpaired) electrons. The van der Waals surface area contributed by atoms with Crippen LogP contribution in [0.15, 0.2) is 35.4 Å². The highest BCUT2D eigenvalue weighted by Gasteiger charge is 2.69. The number of rotatable bonds is 4. The largest absolute Gasteiger partial charge is 0.517 e. The molecule has 1 heterocycles. The summed E-state index contributed by atoms with van der Waals surface area (Å²) in [5.41, 5.74) is 13.0. The van der Waals surface area contributed by atoms with Crippen LogP contribution in [0.5, 0.6) is 0 Å². The fraction of sp³-hybridized carbons (Fsp3) is 0.529. The summed E-state index contributed by atoms with van der Waals surface area (Å²) in [4.78, 5) is 28.3. The van der Waals surface area contributed by atoms with Crippen molar-refractivity contribution in [1.82, 2.24) is 0 Å². The molecule has 1 unspecified atom stereocenters. The Labute approximate surface area is 146 Å². The van der Waals surface area contributed by atoms with E-state index in [9.17, 15) is 9.59 Å². The van der Waals surface area contributed by atoms with Gasteiger partial charge >= 0.3 is 6.09 Å². The molecule has 2 atom stereocenters. The molecule has 8 nitrogen and oxygen atoms in total. The van der Waals surface area contributed by atoms with Gasteiger partial charge in [-0.1, -0.05) is 30.3 Å². The fourth-order valence-corrected chi connectivity index (χ4v) is 3.74. The third-order valence-corrected chi connectivity index (χ3v) is 4.92. The van der Waals surface area contributed by atoms with Crippen molar-refractivity contribution in [1.29, 1.82) is 0 Å². The minimum absolute atomic E-state index is 0.0703. The minimum Gasteiger partial charge on any atom is -0.415 e. The van der Waals surface area contributed by atoms with E-state index in [4.69, 9.17) is 16.0 Å². The molecule has 1 saturated heterocycles. The monoisotopic (exact) mass is 346 g/mol. The van der Waals surface area contributed by atoms with Crippen LogP contribution in [0.2, 0.25) is 0 Å². The fourth-order valence-electron chi connectivity index (χ4n) is 3.74. The summed E-state index contributed by atoms with van der Waals surface area (Å²) < 4.78 is 5.10. The lowest BCUT2D eigenvalue weighted by Crippen LogP contribution is -2.74. The minimum atomic E-state index is -1.68. The van der Waals surface area contributed by atoms with Crippen LogP contribution in [-0.4, -0.2) is 34.2 Å². The van der Waals surface area contributed by atoms with Crippen LogP contribution in [0.4, 0.5) is 4.79 Å². The van der Waals surface area contributed by atoms with Crippen LogP contribution in [0.3, 0.4) is 0 Å². The molecule has 0 aliphatic carbocycles. The maximum Gasteiger partial charge on any atom is 0.517 e. The molecule has 0 spiro atoms. The molecule has 0 saturated carbocycles. The third kappa shape index (κ3) is 2.94. The van der Waals surface area contributed by atoms with E-state index in [2.05, 4.69) is 10.0 Å². The summed E-state index contributed by atoms with van der Waals surface area (Å²) in [5, 5.41) is 3.73. The second kappa shape index (κ2) is 6.74. The lowest BCUT2D eigenvalue weighted by molar-refractivity contribution is -0.929. The molecule has 1 aliphatic rings. The molecular weight excluding hydrogens is 322 g/mol. The van der Waals surface area contributed by atoms with E-state index in [1.807, 2.05) is 51.1 Å². The van der Waals surface area contributed by atoms with E-state index in [-0.39, 0.29) is 13.0 Å². The number of nitrogens with two attached hydrogens (primary N) is 1. The molecule has 1 aliphatic heterocycles. The summed E-state index contributed by atoms with van der Waals surface area (Å²) in [5.74, 6) is -0.811. The van der Waals surface area contributed by atoms with Crippen molar-refractivity contribution >= 4 is 12.0 Å². The Balaban J connectivity index is 2.45. The highest BCUT2D eigenvalue weighted by molar-refractivity contribution is 5.85. The summed E-state index contributed by atoms with van der Waals surface area (Å²) >= 11 is 0. The predicted octanol–water partition coefficient (Wildman–Crippen LogP) is 3.22. The number of carbonyl (C=O) groups is 2. The van der Waals surface area contributed by atoms with E-state index in [0.29, 0.717) is 13.0 Å². The van der Waals surface area contributed by atoms with E-state index in [0.717, 1.165) is 5.56 Å². The van der Waals surface area contributed by atoms with Gasteiger partial charge in [0.2, 0.25) is 0 Å². The molecule has 2 amide bonds. The molecule has 1 aromatic rings. The highest BCUT2D eigenvalue weighted by atomic mass is 16.6. The Morgan fingerprint density at radius 3 is 2.52 bits per heavy atom. The normalized spacial score (nSPS) is 25.9. The Kier molecular flexibility index (Phi) is 5.06. The lowest BCUT2D eigenvalue weighted by Gasteiger charge is -2.48. The van der Waals surface area contributed by atoms with E-state index < -0.39 is 27.7 Å². The van der Waals surface area contributed by atoms with Crippen molar-refractivity contribution in [3.8, 4) is 0 Å². The van der Waals surface area contributed by atoms with Gasteiger partial charge in [0.05, 0.1) is 6.54 Å². The van der Waals surface area contributed by atoms with Gasteiger partial charge in [0.25, 0.3) is 11.6 Å². The average molecular weight is 346 g/mol. The smallest absolute Gasteiger partial charge is 0.415 e. The van der Waals surface area contributed by atoms with Crippen LogP contribution >= 0.6 is 0 Å². The highest BCUT2D eigenvalue weighted by Crippen LogP contribution is 2.46. The number of ether oxygens (including phenoxy) is 1. The standard InChI is InChI=1S/C17H23N5O3/c1-16(2,3)22(11-7-10-17(22,14(18)23)20-21-19)15(24)25-12-13-8-5-4-6-9-13/h4-6,8-9H,7,10-12H2,1-3H3,(H-,18,23)/p+1/t17-,22?/m0/s1. The summed E-state index contributed by atoms with van der Waals surface area (Å²) in [6.45, 7) is 5.83. The second-order valence-electron chi connectivity index (χ2n) is 7.22. The summed E-state index contributed by atoms with van der Waals surface area (Å²) in [7, 11) is 0. The van der Waals surface area contributed by atoms with Gasteiger partial charge in [0, 0.05) is 17.8 Å². The molecule has 2 rings (SSSR count). The van der Waals surface area contributed by atoms with Gasteiger partial charge in [-0.2, -0.15) is 4.79 Å². The predicted molar refractivity (Wildman–Crippen MR) is 91.8 cm³/mol. The Morgan fingerprint density at radius 2 is 2.00 bits per heavy atom. The number of amides is 2. The first kappa shape index (κ1) is 18.8. The molecule has 2 N–H and O–H groups in total. The van der Waals surface area contributed by atoms with Gasteiger partial charge in [-0.15, -0.1) is 0 Å². The molecule has 0 bridgehead atoms. The number of azide groups is 1. The Bertz CT molecular complexity index is 705. The number of nitrogens with zero attached hydrogens (tertiary/aromatic N) is 4. The van der Waals surface area contributed by atoms with Crippen molar-refractivity contribution < 1.29 is 18.8 Å².